The van der Waals surface area contributed by atoms with Gasteiger partial charge in [-0.15, -0.1) is 23.1 Å². The summed E-state index contributed by atoms with van der Waals surface area (Å²) in [5.74, 6) is -1.59. The summed E-state index contributed by atoms with van der Waals surface area (Å²) in [6.45, 7) is 3.96. The fourth-order valence-corrected chi connectivity index (χ4v) is 8.52. The van der Waals surface area contributed by atoms with Crippen molar-refractivity contribution < 1.29 is 23.9 Å². The third-order valence-corrected chi connectivity index (χ3v) is 11.3. The minimum Gasteiger partial charge on any atom is -0.462 e. The number of amides is 3. The highest BCUT2D eigenvalue weighted by Crippen LogP contribution is 2.41. The van der Waals surface area contributed by atoms with Gasteiger partial charge in [0.25, 0.3) is 11.8 Å². The number of carbonyl (C=O) groups excluding carboxylic acids is 4. The van der Waals surface area contributed by atoms with Crippen molar-refractivity contribution in [3.63, 3.8) is 0 Å². The minimum atomic E-state index is -0.680. The van der Waals surface area contributed by atoms with Crippen LogP contribution < -0.4 is 16.0 Å². The van der Waals surface area contributed by atoms with E-state index in [-0.39, 0.29) is 18.2 Å². The van der Waals surface area contributed by atoms with Gasteiger partial charge in [-0.05, 0) is 98.2 Å². The van der Waals surface area contributed by atoms with E-state index in [0.717, 1.165) is 64.1 Å². The van der Waals surface area contributed by atoms with Crippen molar-refractivity contribution in [2.75, 3.05) is 17.2 Å². The molecule has 6 rings (SSSR count). The zero-order valence-corrected chi connectivity index (χ0v) is 31.3. The summed E-state index contributed by atoms with van der Waals surface area (Å²) in [6.07, 6.45) is 6.44. The van der Waals surface area contributed by atoms with Crippen molar-refractivity contribution in [2.24, 2.45) is 0 Å². The van der Waals surface area contributed by atoms with Gasteiger partial charge in [0.2, 0.25) is 5.91 Å². The average Bonchev–Trinajstić information content (AvgIpc) is 3.34. The summed E-state index contributed by atoms with van der Waals surface area (Å²) in [5, 5.41) is 8.69. The van der Waals surface area contributed by atoms with Crippen LogP contribution >= 0.6 is 23.1 Å². The van der Waals surface area contributed by atoms with Gasteiger partial charge in [0.1, 0.15) is 15.9 Å². The Balaban J connectivity index is 1.25. The Morgan fingerprint density at radius 1 is 0.830 bits per heavy atom. The van der Waals surface area contributed by atoms with Gasteiger partial charge in [-0.3, -0.25) is 14.4 Å². The molecule has 1 atom stereocenters. The Morgan fingerprint density at radius 3 is 2.30 bits per heavy atom. The van der Waals surface area contributed by atoms with Crippen LogP contribution in [0.2, 0.25) is 0 Å². The monoisotopic (exact) mass is 743 g/mol. The summed E-state index contributed by atoms with van der Waals surface area (Å²) < 4.78 is 5.45. The standard InChI is InChI=1S/C43H41N3O5S2/c1-3-51-43(50)37-34-24-11-6-12-25-36(34)53-42(37)46-41(49)38(29-17-7-4-8-18-29)52-33-23-15-22-32(27-33)44-40(48)35(26-31-21-14-13-16-28(31)2)45-39(47)30-19-9-5-10-20-30/h4-5,7-10,13-23,26-27,38H,3,6,11-12,24-25H2,1-2H3,(H,44,48)(H,45,47)(H,46,49)/b35-26-. The smallest absolute Gasteiger partial charge is 0.341 e. The van der Waals surface area contributed by atoms with Crippen LogP contribution in [0.25, 0.3) is 6.08 Å². The van der Waals surface area contributed by atoms with Crippen molar-refractivity contribution in [1.29, 1.82) is 0 Å². The molecule has 0 bridgehead atoms. The topological polar surface area (TPSA) is 114 Å². The normalized spacial score (nSPS) is 13.2. The zero-order valence-electron chi connectivity index (χ0n) is 29.6. The maximum absolute atomic E-state index is 14.2. The van der Waals surface area contributed by atoms with Crippen LogP contribution in [0.1, 0.15) is 79.3 Å². The number of esters is 1. The first kappa shape index (κ1) is 37.3. The van der Waals surface area contributed by atoms with E-state index in [4.69, 9.17) is 4.74 Å². The Kier molecular flexibility index (Phi) is 12.6. The number of hydrogen-bond donors (Lipinski definition) is 3. The molecule has 0 saturated heterocycles. The first-order valence-corrected chi connectivity index (χ1v) is 19.4. The molecule has 0 fully saturated rings. The number of benzene rings is 4. The fourth-order valence-electron chi connectivity index (χ4n) is 6.16. The highest BCUT2D eigenvalue weighted by atomic mass is 32.2. The lowest BCUT2D eigenvalue weighted by molar-refractivity contribution is -0.116. The van der Waals surface area contributed by atoms with Crippen LogP contribution in [0.15, 0.2) is 120 Å². The second-order valence-electron chi connectivity index (χ2n) is 12.6. The third kappa shape index (κ3) is 9.51. The van der Waals surface area contributed by atoms with Crippen molar-refractivity contribution >= 4 is 63.6 Å². The second kappa shape index (κ2) is 17.9. The Bertz CT molecular complexity index is 2130. The maximum Gasteiger partial charge on any atom is 0.341 e. The lowest BCUT2D eigenvalue weighted by Crippen LogP contribution is -2.30. The van der Waals surface area contributed by atoms with Crippen LogP contribution in [0.5, 0.6) is 0 Å². The number of rotatable bonds is 12. The van der Waals surface area contributed by atoms with E-state index in [1.54, 1.807) is 55.5 Å². The number of thiophene rings is 1. The predicted octanol–water partition coefficient (Wildman–Crippen LogP) is 9.38. The van der Waals surface area contributed by atoms with Crippen LogP contribution in [0, 0.1) is 6.92 Å². The lowest BCUT2D eigenvalue weighted by Gasteiger charge is -2.18. The molecule has 4 aromatic carbocycles. The van der Waals surface area contributed by atoms with E-state index in [2.05, 4.69) is 16.0 Å². The molecule has 270 valence electrons. The number of nitrogens with one attached hydrogen (secondary N) is 3. The molecule has 1 unspecified atom stereocenters. The molecule has 0 radical (unpaired) electrons. The van der Waals surface area contributed by atoms with Crippen molar-refractivity contribution in [3.05, 3.63) is 153 Å². The zero-order chi connectivity index (χ0) is 37.2. The quantitative estimate of drug-likeness (QED) is 0.0508. The lowest BCUT2D eigenvalue weighted by atomic mass is 10.1. The Morgan fingerprint density at radius 2 is 1.55 bits per heavy atom. The van der Waals surface area contributed by atoms with Gasteiger partial charge < -0.3 is 20.7 Å². The number of ether oxygens (including phenoxy) is 1. The van der Waals surface area contributed by atoms with Gasteiger partial charge in [-0.2, -0.15) is 0 Å². The molecule has 1 heterocycles. The molecule has 0 saturated carbocycles. The molecule has 0 spiro atoms. The van der Waals surface area contributed by atoms with E-state index in [1.807, 2.05) is 73.7 Å². The summed E-state index contributed by atoms with van der Waals surface area (Å²) in [4.78, 5) is 56.2. The van der Waals surface area contributed by atoms with Gasteiger partial charge in [-0.25, -0.2) is 4.79 Å². The van der Waals surface area contributed by atoms with E-state index in [9.17, 15) is 19.2 Å². The highest BCUT2D eigenvalue weighted by molar-refractivity contribution is 8.00. The number of fused-ring (bicyclic) bond motifs is 1. The SMILES string of the molecule is CCOC(=O)c1c(NC(=O)C(Sc2cccc(NC(=O)/C(=C/c3ccccc3C)NC(=O)c3ccccc3)c2)c2ccccc2)sc2c1CCCCC2. The molecule has 0 aliphatic heterocycles. The van der Waals surface area contributed by atoms with E-state index in [0.29, 0.717) is 21.8 Å². The number of hydrogen-bond acceptors (Lipinski definition) is 7. The fraction of sp³-hybridized carbons (Fsp3) is 0.209. The summed E-state index contributed by atoms with van der Waals surface area (Å²) in [6, 6.07) is 33.0. The van der Waals surface area contributed by atoms with Gasteiger partial charge in [0, 0.05) is 21.0 Å². The van der Waals surface area contributed by atoms with E-state index in [1.165, 1.54) is 23.1 Å². The van der Waals surface area contributed by atoms with Gasteiger partial charge in [0.15, 0.2) is 0 Å². The van der Waals surface area contributed by atoms with Gasteiger partial charge in [-0.1, -0.05) is 85.3 Å². The maximum atomic E-state index is 14.2. The summed E-state index contributed by atoms with van der Waals surface area (Å²) in [5.41, 5.74) is 4.98. The van der Waals surface area contributed by atoms with Crippen LogP contribution in [-0.4, -0.2) is 30.3 Å². The molecule has 1 aliphatic rings. The predicted molar refractivity (Wildman–Crippen MR) is 213 cm³/mol. The summed E-state index contributed by atoms with van der Waals surface area (Å²) >= 11 is 2.80. The average molecular weight is 744 g/mol. The molecular weight excluding hydrogens is 703 g/mol. The van der Waals surface area contributed by atoms with E-state index >= 15 is 0 Å². The number of aryl methyl sites for hydroxylation is 2. The van der Waals surface area contributed by atoms with Crippen LogP contribution in [0.4, 0.5) is 10.7 Å². The van der Waals surface area contributed by atoms with Gasteiger partial charge >= 0.3 is 5.97 Å². The van der Waals surface area contributed by atoms with Crippen LogP contribution in [0.3, 0.4) is 0 Å². The van der Waals surface area contributed by atoms with Crippen LogP contribution in [-0.2, 0) is 27.2 Å². The second-order valence-corrected chi connectivity index (χ2v) is 14.9. The molecule has 3 N–H and O–H groups in total. The first-order valence-electron chi connectivity index (χ1n) is 17.7. The first-order chi connectivity index (χ1) is 25.8. The molecule has 8 nitrogen and oxygen atoms in total. The molecule has 10 heteroatoms. The minimum absolute atomic E-state index is 0.0829. The Hall–Kier alpha value is -5.45. The molecule has 1 aromatic heterocycles. The van der Waals surface area contributed by atoms with Gasteiger partial charge in [0.05, 0.1) is 12.2 Å². The van der Waals surface area contributed by atoms with Crippen molar-refractivity contribution in [1.82, 2.24) is 5.32 Å². The molecule has 1 aliphatic carbocycles. The highest BCUT2D eigenvalue weighted by Gasteiger charge is 2.30. The molecule has 3 amide bonds. The number of carbonyl (C=O) groups is 4. The molecule has 53 heavy (non-hydrogen) atoms. The molecular formula is C43H41N3O5S2. The summed E-state index contributed by atoms with van der Waals surface area (Å²) in [7, 11) is 0. The van der Waals surface area contributed by atoms with Crippen molar-refractivity contribution in [2.45, 2.75) is 56.1 Å². The third-order valence-electron chi connectivity index (χ3n) is 8.84. The Labute approximate surface area is 318 Å². The number of anilines is 2. The molecule has 5 aromatic rings. The van der Waals surface area contributed by atoms with Crippen molar-refractivity contribution in [3.8, 4) is 0 Å². The number of thioether (sulfide) groups is 1. The largest absolute Gasteiger partial charge is 0.462 e. The van der Waals surface area contributed by atoms with E-state index < -0.39 is 23.0 Å².